The molecule has 7 heteroatoms. The summed E-state index contributed by atoms with van der Waals surface area (Å²) in [5.74, 6) is 0.886. The minimum absolute atomic E-state index is 0.157. The maximum absolute atomic E-state index is 12.7. The van der Waals surface area contributed by atoms with E-state index >= 15 is 0 Å². The van der Waals surface area contributed by atoms with E-state index < -0.39 is 10.0 Å². The number of amides is 1. The number of benzene rings is 2. The van der Waals surface area contributed by atoms with Crippen LogP contribution in [0.4, 0.5) is 5.69 Å². The number of hydrogen-bond acceptors (Lipinski definition) is 4. The molecule has 0 aliphatic heterocycles. The first kappa shape index (κ1) is 20.8. The third-order valence-electron chi connectivity index (χ3n) is 3.96. The van der Waals surface area contributed by atoms with Gasteiger partial charge in [-0.25, -0.2) is 8.42 Å². The molecule has 0 saturated carbocycles. The molecule has 2 aromatic carbocycles. The van der Waals surface area contributed by atoms with E-state index in [2.05, 4.69) is 23.9 Å². The number of carbonyl (C=O) groups is 1. The predicted octanol–water partition coefficient (Wildman–Crippen LogP) is 3.58. The number of anilines is 1. The van der Waals surface area contributed by atoms with Crippen LogP contribution in [-0.4, -0.2) is 27.7 Å². The van der Waals surface area contributed by atoms with Crippen LogP contribution < -0.4 is 14.8 Å². The molecule has 0 radical (unpaired) electrons. The molecular weight excluding hydrogens is 364 g/mol. The molecule has 2 N–H and O–H groups in total. The van der Waals surface area contributed by atoms with Gasteiger partial charge in [0.1, 0.15) is 5.75 Å². The number of ether oxygens (including phenoxy) is 1. The Morgan fingerprint density at radius 1 is 1.11 bits per heavy atom. The van der Waals surface area contributed by atoms with Crippen LogP contribution in [0.1, 0.15) is 42.2 Å². The molecule has 0 saturated heterocycles. The lowest BCUT2D eigenvalue weighted by Gasteiger charge is -2.21. The average molecular weight is 391 g/mol. The van der Waals surface area contributed by atoms with Gasteiger partial charge in [-0.05, 0) is 48.2 Å². The van der Waals surface area contributed by atoms with Gasteiger partial charge in [-0.2, -0.15) is 0 Å². The van der Waals surface area contributed by atoms with Crippen molar-refractivity contribution in [3.8, 4) is 5.75 Å². The highest BCUT2D eigenvalue weighted by atomic mass is 32.2. The minimum Gasteiger partial charge on any atom is -0.497 e. The lowest BCUT2D eigenvalue weighted by Crippen LogP contribution is -2.29. The van der Waals surface area contributed by atoms with Gasteiger partial charge in [0.15, 0.2) is 0 Å². The number of rotatable bonds is 8. The van der Waals surface area contributed by atoms with E-state index in [-0.39, 0.29) is 11.9 Å². The number of sulfonamides is 1. The summed E-state index contributed by atoms with van der Waals surface area (Å²) in [6.07, 6.45) is 1.85. The van der Waals surface area contributed by atoms with Crippen molar-refractivity contribution in [2.24, 2.45) is 5.92 Å². The summed E-state index contributed by atoms with van der Waals surface area (Å²) in [7, 11) is -1.79. The molecule has 146 valence electrons. The van der Waals surface area contributed by atoms with Crippen LogP contribution in [0.3, 0.4) is 0 Å². The van der Waals surface area contributed by atoms with E-state index in [4.69, 9.17) is 4.74 Å². The van der Waals surface area contributed by atoms with E-state index in [0.717, 1.165) is 24.0 Å². The molecule has 0 heterocycles. The lowest BCUT2D eigenvalue weighted by atomic mass is 9.96. The molecule has 0 aromatic heterocycles. The molecule has 27 heavy (non-hydrogen) atoms. The molecule has 1 amide bonds. The van der Waals surface area contributed by atoms with Gasteiger partial charge in [-0.15, -0.1) is 0 Å². The van der Waals surface area contributed by atoms with Crippen molar-refractivity contribution in [1.82, 2.24) is 5.32 Å². The fraction of sp³-hybridized carbons (Fsp3) is 0.350. The Balaban J connectivity index is 2.21. The van der Waals surface area contributed by atoms with Crippen molar-refractivity contribution in [1.29, 1.82) is 0 Å². The van der Waals surface area contributed by atoms with Gasteiger partial charge >= 0.3 is 0 Å². The maximum Gasteiger partial charge on any atom is 0.251 e. The smallest absolute Gasteiger partial charge is 0.251 e. The summed E-state index contributed by atoms with van der Waals surface area (Å²) in [5, 5.41) is 3.05. The van der Waals surface area contributed by atoms with Crippen LogP contribution in [0.5, 0.6) is 5.75 Å². The van der Waals surface area contributed by atoms with Gasteiger partial charge in [0, 0.05) is 11.3 Å². The molecule has 0 aliphatic carbocycles. The fourth-order valence-electron chi connectivity index (χ4n) is 2.77. The normalized spacial score (nSPS) is 12.5. The van der Waals surface area contributed by atoms with Crippen LogP contribution in [0, 0.1) is 5.92 Å². The van der Waals surface area contributed by atoms with Gasteiger partial charge in [0.25, 0.3) is 5.91 Å². The largest absolute Gasteiger partial charge is 0.497 e. The minimum atomic E-state index is -3.40. The summed E-state index contributed by atoms with van der Waals surface area (Å²) in [6, 6.07) is 13.9. The Labute approximate surface area is 161 Å². The highest BCUT2D eigenvalue weighted by Gasteiger charge is 2.18. The molecule has 0 spiro atoms. The van der Waals surface area contributed by atoms with Crippen LogP contribution in [0.25, 0.3) is 0 Å². The molecular formula is C20H26N2O4S. The molecule has 2 aromatic rings. The van der Waals surface area contributed by atoms with E-state index in [1.165, 1.54) is 6.07 Å². The van der Waals surface area contributed by atoms with Crippen LogP contribution in [0.15, 0.2) is 48.5 Å². The zero-order valence-electron chi connectivity index (χ0n) is 16.0. The van der Waals surface area contributed by atoms with Gasteiger partial charge < -0.3 is 10.1 Å². The maximum atomic E-state index is 12.7. The Morgan fingerprint density at radius 2 is 1.78 bits per heavy atom. The topological polar surface area (TPSA) is 84.5 Å². The van der Waals surface area contributed by atoms with E-state index in [1.807, 2.05) is 24.3 Å². The average Bonchev–Trinajstić information content (AvgIpc) is 2.59. The number of methoxy groups -OCH3 is 1. The fourth-order valence-corrected chi connectivity index (χ4v) is 3.32. The van der Waals surface area contributed by atoms with Crippen molar-refractivity contribution < 1.29 is 17.9 Å². The van der Waals surface area contributed by atoms with E-state index in [9.17, 15) is 13.2 Å². The first-order chi connectivity index (χ1) is 12.7. The van der Waals surface area contributed by atoms with E-state index in [0.29, 0.717) is 17.2 Å². The van der Waals surface area contributed by atoms with E-state index in [1.54, 1.807) is 25.3 Å². The molecule has 6 nitrogen and oxygen atoms in total. The Morgan fingerprint density at radius 3 is 2.33 bits per heavy atom. The quantitative estimate of drug-likeness (QED) is 0.721. The Kier molecular flexibility index (Phi) is 6.85. The number of hydrogen-bond donors (Lipinski definition) is 2. The molecule has 0 aliphatic rings. The van der Waals surface area contributed by atoms with Crippen molar-refractivity contribution in [2.75, 3.05) is 18.1 Å². The summed E-state index contributed by atoms with van der Waals surface area (Å²) in [6.45, 7) is 4.19. The lowest BCUT2D eigenvalue weighted by molar-refractivity contribution is 0.0932. The summed E-state index contributed by atoms with van der Waals surface area (Å²) >= 11 is 0. The zero-order valence-corrected chi connectivity index (χ0v) is 16.8. The molecule has 0 unspecified atom stereocenters. The van der Waals surface area contributed by atoms with Gasteiger partial charge in [0.05, 0.1) is 19.4 Å². The monoisotopic (exact) mass is 390 g/mol. The third-order valence-corrected chi connectivity index (χ3v) is 4.57. The first-order valence-electron chi connectivity index (χ1n) is 8.70. The third kappa shape index (κ3) is 6.60. The van der Waals surface area contributed by atoms with Gasteiger partial charge in [-0.1, -0.05) is 32.0 Å². The number of nitrogens with one attached hydrogen (secondary N) is 2. The highest BCUT2D eigenvalue weighted by Crippen LogP contribution is 2.24. The Hall–Kier alpha value is -2.54. The Bertz CT molecular complexity index is 877. The van der Waals surface area contributed by atoms with Gasteiger partial charge in [-0.3, -0.25) is 9.52 Å². The first-order valence-corrected chi connectivity index (χ1v) is 10.6. The highest BCUT2D eigenvalue weighted by molar-refractivity contribution is 7.92. The molecule has 2 rings (SSSR count). The predicted molar refractivity (Wildman–Crippen MR) is 108 cm³/mol. The standard InChI is InChI=1S/C20H26N2O4S/c1-14(2)12-19(15-8-10-18(26-3)11-9-15)21-20(23)16-6-5-7-17(13-16)22-27(4,24)25/h5-11,13-14,19,22H,12H2,1-4H3,(H,21,23)/t19-/m1/s1. The van der Waals surface area contributed by atoms with Crippen LogP contribution >= 0.6 is 0 Å². The van der Waals surface area contributed by atoms with Crippen molar-refractivity contribution in [3.63, 3.8) is 0 Å². The summed E-state index contributed by atoms with van der Waals surface area (Å²) < 4.78 is 30.4. The van der Waals surface area contributed by atoms with Gasteiger partial charge in [0.2, 0.25) is 10.0 Å². The second-order valence-electron chi connectivity index (χ2n) is 6.88. The zero-order chi connectivity index (χ0) is 20.0. The second-order valence-corrected chi connectivity index (χ2v) is 8.63. The van der Waals surface area contributed by atoms with Crippen LogP contribution in [-0.2, 0) is 10.0 Å². The van der Waals surface area contributed by atoms with Crippen molar-refractivity contribution in [2.45, 2.75) is 26.3 Å². The second kappa shape index (κ2) is 8.90. The molecule has 0 fully saturated rings. The number of carbonyl (C=O) groups excluding carboxylic acids is 1. The summed E-state index contributed by atoms with van der Waals surface area (Å²) in [4.78, 5) is 12.7. The SMILES string of the molecule is COc1ccc([C@@H](CC(C)C)NC(=O)c2cccc(NS(C)(=O)=O)c2)cc1. The molecule has 1 atom stereocenters. The molecule has 0 bridgehead atoms. The van der Waals surface area contributed by atoms with Crippen LogP contribution in [0.2, 0.25) is 0 Å². The summed E-state index contributed by atoms with van der Waals surface area (Å²) in [5.41, 5.74) is 1.74. The van der Waals surface area contributed by atoms with Crippen molar-refractivity contribution >= 4 is 21.6 Å². The van der Waals surface area contributed by atoms with Crippen molar-refractivity contribution in [3.05, 3.63) is 59.7 Å².